The minimum Gasteiger partial charge on any atom is -0.303 e. The summed E-state index contributed by atoms with van der Waals surface area (Å²) in [5, 5.41) is 0. The molecule has 0 saturated heterocycles. The molecule has 0 N–H and O–H groups in total. The van der Waals surface area contributed by atoms with Crippen molar-refractivity contribution in [2.75, 3.05) is 4.67 Å². The second-order valence-electron chi connectivity index (χ2n) is 12.3. The Morgan fingerprint density at radius 1 is 0.806 bits per heavy atom. The number of amidine groups is 1. The number of anilines is 1. The summed E-state index contributed by atoms with van der Waals surface area (Å²) < 4.78 is 2.64. The molecule has 0 bridgehead atoms. The van der Waals surface area contributed by atoms with Crippen LogP contribution in [0.25, 0.3) is 0 Å². The first-order valence-corrected chi connectivity index (χ1v) is 14.7. The molecule has 1 aliphatic rings. The van der Waals surface area contributed by atoms with Gasteiger partial charge in [0.1, 0.15) is 5.84 Å². The molecule has 0 fully saturated rings. The Balaban J connectivity index is 2.17. The average Bonchev–Trinajstić information content (AvgIpc) is 2.86. The Labute approximate surface area is 220 Å². The molecular formula is C33H43N2P. The van der Waals surface area contributed by atoms with Gasteiger partial charge in [-0.1, -0.05) is 122 Å². The average molecular weight is 499 g/mol. The van der Waals surface area contributed by atoms with Gasteiger partial charge < -0.3 is 4.67 Å². The third kappa shape index (κ3) is 4.78. The van der Waals surface area contributed by atoms with Crippen molar-refractivity contribution in [3.05, 3.63) is 94.5 Å². The molecule has 3 aromatic rings. The van der Waals surface area contributed by atoms with Gasteiger partial charge in [-0.2, -0.15) is 0 Å². The minimum absolute atomic E-state index is 0.00429. The number of para-hydroxylation sites is 2. The lowest BCUT2D eigenvalue weighted by Crippen LogP contribution is -2.32. The number of aliphatic imine (C=N–C) groups is 1. The van der Waals surface area contributed by atoms with Crippen LogP contribution in [0.3, 0.4) is 0 Å². The van der Waals surface area contributed by atoms with Gasteiger partial charge in [0.15, 0.2) is 0 Å². The molecule has 3 aromatic carbocycles. The van der Waals surface area contributed by atoms with E-state index in [1.165, 1.54) is 33.5 Å². The van der Waals surface area contributed by atoms with Crippen LogP contribution in [0.4, 0.5) is 11.4 Å². The predicted molar refractivity (Wildman–Crippen MR) is 161 cm³/mol. The third-order valence-electron chi connectivity index (χ3n) is 7.32. The maximum absolute atomic E-state index is 5.61. The number of hydrogen-bond donors (Lipinski definition) is 0. The van der Waals surface area contributed by atoms with Gasteiger partial charge in [-0.15, -0.1) is 0 Å². The Morgan fingerprint density at radius 3 is 2.06 bits per heavy atom. The van der Waals surface area contributed by atoms with E-state index in [-0.39, 0.29) is 10.8 Å². The van der Waals surface area contributed by atoms with E-state index in [1.54, 1.807) is 0 Å². The van der Waals surface area contributed by atoms with Crippen LogP contribution in [0.1, 0.15) is 90.1 Å². The van der Waals surface area contributed by atoms with E-state index in [9.17, 15) is 0 Å². The second-order valence-corrected chi connectivity index (χ2v) is 15.5. The summed E-state index contributed by atoms with van der Waals surface area (Å²) in [6.07, 6.45) is 0. The number of nitrogens with zero attached hydrogens (tertiary/aromatic N) is 2. The molecule has 0 spiro atoms. The van der Waals surface area contributed by atoms with E-state index < -0.39 is 8.07 Å². The van der Waals surface area contributed by atoms with Gasteiger partial charge in [0, 0.05) is 19.1 Å². The van der Waals surface area contributed by atoms with Crippen molar-refractivity contribution in [1.82, 2.24) is 0 Å². The van der Waals surface area contributed by atoms with Crippen molar-refractivity contribution in [3.8, 4) is 0 Å². The number of benzene rings is 3. The third-order valence-corrected chi connectivity index (χ3v) is 10.3. The first-order valence-electron chi connectivity index (χ1n) is 13.3. The predicted octanol–water partition coefficient (Wildman–Crippen LogP) is 9.73. The smallest absolute Gasteiger partial charge is 0.144 e. The minimum atomic E-state index is -0.545. The van der Waals surface area contributed by atoms with Crippen molar-refractivity contribution < 1.29 is 0 Å². The van der Waals surface area contributed by atoms with Crippen LogP contribution >= 0.6 is 8.07 Å². The SMILES string of the molecule is Cc1ccc2c(c1)C(C)(C)c1ccccc1N(P(C(C)C)C(C)C)/C2=N/c1ccccc1C(C)(C)C. The van der Waals surface area contributed by atoms with Crippen molar-refractivity contribution >= 4 is 25.3 Å². The van der Waals surface area contributed by atoms with Crippen LogP contribution in [0, 0.1) is 6.92 Å². The summed E-state index contributed by atoms with van der Waals surface area (Å²) in [6.45, 7) is 23.3. The molecule has 2 nitrogen and oxygen atoms in total. The molecule has 0 amide bonds. The molecule has 1 aliphatic heterocycles. The molecule has 0 unspecified atom stereocenters. The van der Waals surface area contributed by atoms with Crippen LogP contribution in [0.5, 0.6) is 0 Å². The van der Waals surface area contributed by atoms with Crippen LogP contribution in [0.15, 0.2) is 71.7 Å². The largest absolute Gasteiger partial charge is 0.303 e. The highest BCUT2D eigenvalue weighted by molar-refractivity contribution is 7.61. The lowest BCUT2D eigenvalue weighted by atomic mass is 9.75. The Morgan fingerprint density at radius 2 is 1.42 bits per heavy atom. The molecular weight excluding hydrogens is 455 g/mol. The van der Waals surface area contributed by atoms with Crippen molar-refractivity contribution in [1.29, 1.82) is 0 Å². The number of aryl methyl sites for hydroxylation is 1. The fraction of sp³-hybridized carbons (Fsp3) is 0.424. The summed E-state index contributed by atoms with van der Waals surface area (Å²) in [5.41, 5.74) is 9.81. The fourth-order valence-electron chi connectivity index (χ4n) is 5.65. The maximum Gasteiger partial charge on any atom is 0.144 e. The maximum atomic E-state index is 5.61. The monoisotopic (exact) mass is 498 g/mol. The summed E-state index contributed by atoms with van der Waals surface area (Å²) in [6, 6.07) is 24.7. The zero-order chi connectivity index (χ0) is 26.4. The number of hydrogen-bond acceptors (Lipinski definition) is 1. The lowest BCUT2D eigenvalue weighted by molar-refractivity contribution is 0.591. The first kappa shape index (κ1) is 26.6. The summed E-state index contributed by atoms with van der Waals surface area (Å²) in [4.78, 5) is 5.61. The van der Waals surface area contributed by atoms with Crippen LogP contribution < -0.4 is 4.67 Å². The molecule has 0 atom stereocenters. The normalized spacial score (nSPS) is 16.5. The summed E-state index contributed by atoms with van der Waals surface area (Å²) in [7, 11) is -0.545. The van der Waals surface area contributed by atoms with E-state index in [4.69, 9.17) is 4.99 Å². The molecule has 36 heavy (non-hydrogen) atoms. The van der Waals surface area contributed by atoms with Gasteiger partial charge in [-0.25, -0.2) is 4.99 Å². The molecule has 0 radical (unpaired) electrons. The molecule has 0 aromatic heterocycles. The summed E-state index contributed by atoms with van der Waals surface area (Å²) in [5.74, 6) is 1.09. The highest BCUT2D eigenvalue weighted by Crippen LogP contribution is 2.57. The van der Waals surface area contributed by atoms with Gasteiger partial charge in [0.2, 0.25) is 0 Å². The van der Waals surface area contributed by atoms with Crippen molar-refractivity contribution in [2.24, 2.45) is 4.99 Å². The van der Waals surface area contributed by atoms with E-state index in [0.717, 1.165) is 11.5 Å². The van der Waals surface area contributed by atoms with E-state index in [2.05, 4.69) is 141 Å². The quantitative estimate of drug-likeness (QED) is 0.327. The lowest BCUT2D eigenvalue weighted by Gasteiger charge is -2.40. The first-order chi connectivity index (χ1) is 16.8. The summed E-state index contributed by atoms with van der Waals surface area (Å²) >= 11 is 0. The Hall–Kier alpha value is -2.44. The van der Waals surface area contributed by atoms with E-state index in [1.807, 2.05) is 0 Å². The molecule has 0 saturated carbocycles. The van der Waals surface area contributed by atoms with Crippen LogP contribution in [-0.2, 0) is 10.8 Å². The zero-order valence-electron chi connectivity index (χ0n) is 23.8. The van der Waals surface area contributed by atoms with Gasteiger partial charge in [-0.3, -0.25) is 0 Å². The van der Waals surface area contributed by atoms with E-state index in [0.29, 0.717) is 11.3 Å². The highest BCUT2D eigenvalue weighted by atomic mass is 31.1. The molecule has 0 aliphatic carbocycles. The van der Waals surface area contributed by atoms with Gasteiger partial charge in [0.25, 0.3) is 0 Å². The van der Waals surface area contributed by atoms with Crippen molar-refractivity contribution in [3.63, 3.8) is 0 Å². The van der Waals surface area contributed by atoms with Gasteiger partial charge >= 0.3 is 0 Å². The van der Waals surface area contributed by atoms with Gasteiger partial charge in [0.05, 0.1) is 11.4 Å². The highest BCUT2D eigenvalue weighted by Gasteiger charge is 2.40. The molecule has 4 rings (SSSR count). The van der Waals surface area contributed by atoms with Crippen LogP contribution in [0.2, 0.25) is 0 Å². The second kappa shape index (κ2) is 9.79. The van der Waals surface area contributed by atoms with Gasteiger partial charge in [-0.05, 0) is 52.5 Å². The molecule has 190 valence electrons. The Kier molecular flexibility index (Phi) is 7.24. The van der Waals surface area contributed by atoms with Crippen LogP contribution in [-0.4, -0.2) is 17.2 Å². The number of rotatable bonds is 4. The van der Waals surface area contributed by atoms with E-state index >= 15 is 0 Å². The Bertz CT molecular complexity index is 1270. The molecule has 3 heteroatoms. The molecule has 1 heterocycles. The van der Waals surface area contributed by atoms with Crippen molar-refractivity contribution in [2.45, 2.75) is 91.4 Å². The number of fused-ring (bicyclic) bond motifs is 2. The zero-order valence-corrected chi connectivity index (χ0v) is 24.7. The standard InChI is InChI=1S/C33H43N2P/c1-22(2)36(23(3)4)35-30-18-14-12-16-27(30)33(9,10)28-21-24(5)19-20-25(28)31(35)34-29-17-13-11-15-26(29)32(6,7)8/h11-23H,1-10H3/b34-31+. The fourth-order valence-corrected chi connectivity index (χ4v) is 8.56. The topological polar surface area (TPSA) is 15.6 Å².